The SMILES string of the molecule is CCCC(C1(CC(=O)OC)c2ccccc2-c2ccccc21)C1(CC(=O)OC)c2ccccc2-c2ccccc21. The van der Waals surface area contributed by atoms with Crippen LogP contribution in [0.15, 0.2) is 97.1 Å². The van der Waals surface area contributed by atoms with Gasteiger partial charge in [-0.1, -0.05) is 110 Å². The highest BCUT2D eigenvalue weighted by Crippen LogP contribution is 2.65. The summed E-state index contributed by atoms with van der Waals surface area (Å²) in [7, 11) is 2.92. The molecule has 40 heavy (non-hydrogen) atoms. The average Bonchev–Trinajstić information content (AvgIpc) is 3.44. The first-order valence-electron chi connectivity index (χ1n) is 14.0. The van der Waals surface area contributed by atoms with Crippen molar-refractivity contribution in [3.05, 3.63) is 119 Å². The van der Waals surface area contributed by atoms with Crippen LogP contribution in [0.5, 0.6) is 0 Å². The molecule has 0 bridgehead atoms. The number of benzene rings is 4. The van der Waals surface area contributed by atoms with Crippen LogP contribution >= 0.6 is 0 Å². The highest BCUT2D eigenvalue weighted by molar-refractivity contribution is 5.89. The lowest BCUT2D eigenvalue weighted by atomic mass is 9.52. The Morgan fingerprint density at radius 3 is 1.15 bits per heavy atom. The van der Waals surface area contributed by atoms with Gasteiger partial charge in [0.25, 0.3) is 0 Å². The summed E-state index contributed by atoms with van der Waals surface area (Å²) in [4.78, 5) is 27.0. The van der Waals surface area contributed by atoms with Crippen molar-refractivity contribution >= 4 is 11.9 Å². The number of carbonyl (C=O) groups is 2. The average molecular weight is 531 g/mol. The van der Waals surface area contributed by atoms with E-state index in [0.29, 0.717) is 0 Å². The van der Waals surface area contributed by atoms with Gasteiger partial charge in [0.2, 0.25) is 0 Å². The monoisotopic (exact) mass is 530 g/mol. The van der Waals surface area contributed by atoms with Crippen LogP contribution in [0, 0.1) is 5.92 Å². The molecule has 2 aliphatic rings. The molecule has 4 heteroatoms. The zero-order chi connectivity index (χ0) is 27.9. The van der Waals surface area contributed by atoms with Crippen molar-refractivity contribution < 1.29 is 19.1 Å². The zero-order valence-electron chi connectivity index (χ0n) is 23.3. The summed E-state index contributed by atoms with van der Waals surface area (Å²) in [5.41, 5.74) is 7.55. The van der Waals surface area contributed by atoms with Crippen LogP contribution in [0.25, 0.3) is 22.3 Å². The van der Waals surface area contributed by atoms with Gasteiger partial charge in [0.05, 0.1) is 27.1 Å². The summed E-state index contributed by atoms with van der Waals surface area (Å²) in [6.07, 6.45) is 2.02. The molecule has 0 aliphatic heterocycles. The van der Waals surface area contributed by atoms with E-state index in [1.165, 1.54) is 14.2 Å². The molecule has 0 aromatic heterocycles. The molecule has 4 aromatic carbocycles. The minimum absolute atomic E-state index is 0.155. The van der Waals surface area contributed by atoms with Crippen molar-refractivity contribution in [3.63, 3.8) is 0 Å². The van der Waals surface area contributed by atoms with Crippen molar-refractivity contribution in [1.82, 2.24) is 0 Å². The molecule has 0 saturated heterocycles. The van der Waals surface area contributed by atoms with E-state index in [1.54, 1.807) is 0 Å². The van der Waals surface area contributed by atoms with Crippen LogP contribution in [0.3, 0.4) is 0 Å². The Balaban J connectivity index is 1.76. The van der Waals surface area contributed by atoms with Gasteiger partial charge >= 0.3 is 11.9 Å². The van der Waals surface area contributed by atoms with Crippen molar-refractivity contribution in [1.29, 1.82) is 0 Å². The summed E-state index contributed by atoms with van der Waals surface area (Å²) in [6, 6.07) is 33.7. The fraction of sp³-hybridized carbons (Fsp3) is 0.278. The molecule has 0 atom stereocenters. The minimum Gasteiger partial charge on any atom is -0.469 e. The number of esters is 2. The van der Waals surface area contributed by atoms with E-state index in [2.05, 4.69) is 104 Å². The van der Waals surface area contributed by atoms with Crippen molar-refractivity contribution in [2.45, 2.75) is 43.4 Å². The number of carbonyl (C=O) groups excluding carboxylic acids is 2. The molecule has 0 spiro atoms. The zero-order valence-corrected chi connectivity index (χ0v) is 23.3. The van der Waals surface area contributed by atoms with Gasteiger partial charge in [-0.05, 0) is 56.8 Å². The first-order valence-corrected chi connectivity index (χ1v) is 14.0. The van der Waals surface area contributed by atoms with E-state index in [9.17, 15) is 9.59 Å². The molecule has 4 nitrogen and oxygen atoms in total. The maximum atomic E-state index is 13.5. The molecule has 0 unspecified atom stereocenters. The summed E-state index contributed by atoms with van der Waals surface area (Å²) in [5, 5.41) is 0. The molecule has 0 fully saturated rings. The quantitative estimate of drug-likeness (QED) is 0.222. The Labute approximate surface area is 236 Å². The van der Waals surface area contributed by atoms with Gasteiger partial charge in [-0.15, -0.1) is 0 Å². The minimum atomic E-state index is -0.727. The van der Waals surface area contributed by atoms with Gasteiger partial charge in [0.1, 0.15) is 0 Å². The Morgan fingerprint density at radius 2 is 0.875 bits per heavy atom. The van der Waals surface area contributed by atoms with Crippen LogP contribution in [0.1, 0.15) is 54.9 Å². The van der Waals surface area contributed by atoms with Gasteiger partial charge in [0.15, 0.2) is 0 Å². The van der Waals surface area contributed by atoms with Crippen LogP contribution in [0.4, 0.5) is 0 Å². The van der Waals surface area contributed by atoms with Gasteiger partial charge < -0.3 is 9.47 Å². The standard InChI is InChI=1S/C36H34O4/c1-4-13-32(35(22-33(37)39-2)28-18-9-5-14-24(28)25-15-6-10-19-29(25)35)36(23-34(38)40-3)30-20-11-7-16-26(30)27-17-8-12-21-31(27)36/h5-12,14-21,32H,4,13,22-23H2,1-3H3. The molecule has 0 N–H and O–H groups in total. The Kier molecular flexibility index (Phi) is 6.58. The molecule has 0 heterocycles. The molecular weight excluding hydrogens is 496 g/mol. The molecule has 4 aromatic rings. The first kappa shape index (κ1) is 26.1. The third-order valence-corrected chi connectivity index (χ3v) is 9.28. The van der Waals surface area contributed by atoms with E-state index in [1.807, 2.05) is 0 Å². The normalized spacial score (nSPS) is 15.1. The largest absolute Gasteiger partial charge is 0.469 e. The summed E-state index contributed by atoms with van der Waals surface area (Å²) in [5.74, 6) is -0.682. The topological polar surface area (TPSA) is 52.6 Å². The Morgan fingerprint density at radius 1 is 0.575 bits per heavy atom. The predicted octanol–water partition coefficient (Wildman–Crippen LogP) is 7.46. The fourth-order valence-corrected chi connectivity index (χ4v) is 7.90. The van der Waals surface area contributed by atoms with E-state index in [0.717, 1.165) is 57.3 Å². The van der Waals surface area contributed by atoms with E-state index in [4.69, 9.17) is 9.47 Å². The third kappa shape index (κ3) is 3.58. The second kappa shape index (κ2) is 10.1. The van der Waals surface area contributed by atoms with Crippen LogP contribution in [0.2, 0.25) is 0 Å². The number of methoxy groups -OCH3 is 2. The van der Waals surface area contributed by atoms with Gasteiger partial charge in [-0.3, -0.25) is 9.59 Å². The van der Waals surface area contributed by atoms with Crippen molar-refractivity contribution in [2.75, 3.05) is 14.2 Å². The van der Waals surface area contributed by atoms with E-state index in [-0.39, 0.29) is 30.7 Å². The summed E-state index contributed by atoms with van der Waals surface area (Å²) >= 11 is 0. The van der Waals surface area contributed by atoms with Crippen molar-refractivity contribution in [3.8, 4) is 22.3 Å². The molecule has 6 rings (SSSR count). The number of ether oxygens (including phenoxy) is 2. The maximum absolute atomic E-state index is 13.5. The molecule has 0 amide bonds. The highest BCUT2D eigenvalue weighted by Gasteiger charge is 2.60. The lowest BCUT2D eigenvalue weighted by Gasteiger charge is -2.50. The lowest BCUT2D eigenvalue weighted by molar-refractivity contribution is -0.143. The number of fused-ring (bicyclic) bond motifs is 6. The number of hydrogen-bond donors (Lipinski definition) is 0. The molecular formula is C36H34O4. The molecule has 0 radical (unpaired) electrons. The van der Waals surface area contributed by atoms with E-state index < -0.39 is 10.8 Å². The summed E-state index contributed by atoms with van der Waals surface area (Å²) in [6.45, 7) is 2.18. The number of hydrogen-bond acceptors (Lipinski definition) is 4. The second-order valence-corrected chi connectivity index (χ2v) is 11.0. The number of rotatable bonds is 8. The molecule has 202 valence electrons. The van der Waals surface area contributed by atoms with Crippen LogP contribution in [-0.2, 0) is 29.9 Å². The molecule has 0 saturated carbocycles. The second-order valence-electron chi connectivity index (χ2n) is 11.0. The Hall–Kier alpha value is -4.18. The smallest absolute Gasteiger partial charge is 0.306 e. The van der Waals surface area contributed by atoms with Gasteiger partial charge in [-0.25, -0.2) is 0 Å². The van der Waals surface area contributed by atoms with Gasteiger partial charge in [-0.2, -0.15) is 0 Å². The van der Waals surface area contributed by atoms with E-state index >= 15 is 0 Å². The van der Waals surface area contributed by atoms with Gasteiger partial charge in [0, 0.05) is 10.8 Å². The van der Waals surface area contributed by atoms with Crippen LogP contribution in [-0.4, -0.2) is 26.2 Å². The van der Waals surface area contributed by atoms with Crippen LogP contribution < -0.4 is 0 Å². The lowest BCUT2D eigenvalue weighted by Crippen LogP contribution is -2.50. The molecule has 2 aliphatic carbocycles. The predicted molar refractivity (Wildman–Crippen MR) is 157 cm³/mol. The van der Waals surface area contributed by atoms with Crippen molar-refractivity contribution in [2.24, 2.45) is 5.92 Å². The first-order chi connectivity index (χ1) is 19.5. The maximum Gasteiger partial charge on any atom is 0.306 e. The fourth-order valence-electron chi connectivity index (χ4n) is 7.90. The third-order valence-electron chi connectivity index (χ3n) is 9.28. The summed E-state index contributed by atoms with van der Waals surface area (Å²) < 4.78 is 10.8. The highest BCUT2D eigenvalue weighted by atomic mass is 16.5. The Bertz CT molecular complexity index is 1390.